The second kappa shape index (κ2) is 14.3. The molecule has 0 fully saturated rings. The highest BCUT2D eigenvalue weighted by molar-refractivity contribution is 7.92. The molecule has 220 valence electrons. The third kappa shape index (κ3) is 8.29. The first-order valence-electron chi connectivity index (χ1n) is 12.8. The van der Waals surface area contributed by atoms with Crippen LogP contribution in [0.1, 0.15) is 26.3 Å². The van der Waals surface area contributed by atoms with Gasteiger partial charge in [0.25, 0.3) is 10.0 Å². The normalized spacial score (nSPS) is 12.1. The lowest BCUT2D eigenvalue weighted by molar-refractivity contribution is -0.139. The third-order valence-electron chi connectivity index (χ3n) is 6.23. The Morgan fingerprint density at radius 3 is 2.17 bits per heavy atom. The molecule has 3 rings (SSSR count). The Kier molecular flexibility index (Phi) is 11.3. The van der Waals surface area contributed by atoms with Crippen molar-refractivity contribution >= 4 is 62.3 Å². The molecule has 8 nitrogen and oxygen atoms in total. The van der Waals surface area contributed by atoms with Crippen molar-refractivity contribution in [1.29, 1.82) is 0 Å². The van der Waals surface area contributed by atoms with Crippen LogP contribution in [0.4, 0.5) is 5.69 Å². The molecule has 0 radical (unpaired) electrons. The number of nitrogens with one attached hydrogen (secondary N) is 1. The van der Waals surface area contributed by atoms with E-state index in [-0.39, 0.29) is 33.8 Å². The second-order valence-electron chi connectivity index (χ2n) is 9.71. The molecule has 2 amide bonds. The van der Waals surface area contributed by atoms with E-state index in [4.69, 9.17) is 39.5 Å². The van der Waals surface area contributed by atoms with Gasteiger partial charge < -0.3 is 15.0 Å². The number of ether oxygens (including phenoxy) is 1. The first kappa shape index (κ1) is 32.5. The number of amides is 2. The summed E-state index contributed by atoms with van der Waals surface area (Å²) in [5, 5.41) is 3.79. The smallest absolute Gasteiger partial charge is 0.264 e. The number of carbonyl (C=O) groups excluding carboxylic acids is 2. The van der Waals surface area contributed by atoms with Crippen molar-refractivity contribution in [1.82, 2.24) is 10.2 Å². The fraction of sp³-hybridized carbons (Fsp3) is 0.310. The lowest BCUT2D eigenvalue weighted by Crippen LogP contribution is -2.51. The van der Waals surface area contributed by atoms with Gasteiger partial charge in [-0.1, -0.05) is 72.9 Å². The largest absolute Gasteiger partial charge is 0.495 e. The Balaban J connectivity index is 2.09. The van der Waals surface area contributed by atoms with E-state index >= 15 is 0 Å². The molecule has 1 atom stereocenters. The Labute approximate surface area is 256 Å². The van der Waals surface area contributed by atoms with Crippen molar-refractivity contribution < 1.29 is 22.7 Å². The van der Waals surface area contributed by atoms with Crippen molar-refractivity contribution in [2.75, 3.05) is 24.5 Å². The number of hydrogen-bond donors (Lipinski definition) is 1. The molecular weight excluding hydrogens is 609 g/mol. The summed E-state index contributed by atoms with van der Waals surface area (Å²) in [4.78, 5) is 28.4. The monoisotopic (exact) mass is 639 g/mol. The summed E-state index contributed by atoms with van der Waals surface area (Å²) in [6.07, 6.45) is 0. The van der Waals surface area contributed by atoms with Gasteiger partial charge in [0, 0.05) is 28.2 Å². The molecule has 3 aromatic carbocycles. The number of methoxy groups -OCH3 is 1. The number of carbonyl (C=O) groups is 2. The van der Waals surface area contributed by atoms with Crippen LogP contribution in [0.5, 0.6) is 5.75 Å². The Bertz CT molecular complexity index is 1490. The standard InChI is InChI=1S/C29H32Cl3N3O5S/c1-19(2)16-33-29(37)20(3)34(17-21-10-11-22(30)14-25(21)32)28(36)18-35(26-15-23(31)12-13-27(26)40-4)41(38,39)24-8-6-5-7-9-24/h5-15,19-20H,16-18H2,1-4H3,(H,33,37)/t20-/m0/s1. The molecule has 0 saturated heterocycles. The van der Waals surface area contributed by atoms with Gasteiger partial charge >= 0.3 is 0 Å². The maximum absolute atomic E-state index is 14.1. The molecule has 0 aliphatic heterocycles. The summed E-state index contributed by atoms with van der Waals surface area (Å²) < 4.78 is 34.3. The SMILES string of the molecule is COc1ccc(Cl)cc1N(CC(=O)N(Cc1ccc(Cl)cc1Cl)[C@@H](C)C(=O)NCC(C)C)S(=O)(=O)c1ccccc1. The number of halogens is 3. The summed E-state index contributed by atoms with van der Waals surface area (Å²) in [6, 6.07) is 16.0. The Morgan fingerprint density at radius 2 is 1.56 bits per heavy atom. The predicted octanol–water partition coefficient (Wildman–Crippen LogP) is 6.04. The van der Waals surface area contributed by atoms with Crippen LogP contribution in [-0.2, 0) is 26.2 Å². The van der Waals surface area contributed by atoms with Gasteiger partial charge in [-0.25, -0.2) is 8.42 Å². The maximum Gasteiger partial charge on any atom is 0.264 e. The van der Waals surface area contributed by atoms with Crippen molar-refractivity contribution in [2.24, 2.45) is 5.92 Å². The number of anilines is 1. The zero-order chi connectivity index (χ0) is 30.3. The van der Waals surface area contributed by atoms with Gasteiger partial charge in [0.15, 0.2) is 0 Å². The molecule has 0 saturated carbocycles. The van der Waals surface area contributed by atoms with Gasteiger partial charge in [-0.05, 0) is 60.9 Å². The molecule has 3 aromatic rings. The van der Waals surface area contributed by atoms with Gasteiger partial charge in [-0.2, -0.15) is 0 Å². The van der Waals surface area contributed by atoms with Crippen LogP contribution < -0.4 is 14.4 Å². The molecule has 0 bridgehead atoms. The fourth-order valence-electron chi connectivity index (χ4n) is 3.96. The molecule has 41 heavy (non-hydrogen) atoms. The van der Waals surface area contributed by atoms with E-state index < -0.39 is 34.4 Å². The summed E-state index contributed by atoms with van der Waals surface area (Å²) in [5.74, 6) is -0.667. The average Bonchev–Trinajstić information content (AvgIpc) is 2.94. The molecule has 0 heterocycles. The first-order valence-corrected chi connectivity index (χ1v) is 15.3. The van der Waals surface area contributed by atoms with Crippen LogP contribution >= 0.6 is 34.8 Å². The van der Waals surface area contributed by atoms with Crippen molar-refractivity contribution in [2.45, 2.75) is 38.3 Å². The highest BCUT2D eigenvalue weighted by atomic mass is 35.5. The van der Waals surface area contributed by atoms with Gasteiger partial charge in [0.05, 0.1) is 17.7 Å². The van der Waals surface area contributed by atoms with Crippen molar-refractivity contribution in [3.8, 4) is 5.75 Å². The minimum atomic E-state index is -4.28. The number of sulfonamides is 1. The van der Waals surface area contributed by atoms with Crippen LogP contribution in [-0.4, -0.2) is 51.4 Å². The topological polar surface area (TPSA) is 96.0 Å². The zero-order valence-corrected chi connectivity index (χ0v) is 26.2. The maximum atomic E-state index is 14.1. The number of hydrogen-bond acceptors (Lipinski definition) is 5. The van der Waals surface area contributed by atoms with Gasteiger partial charge in [0.1, 0.15) is 18.3 Å². The van der Waals surface area contributed by atoms with Gasteiger partial charge in [0.2, 0.25) is 11.8 Å². The highest BCUT2D eigenvalue weighted by Crippen LogP contribution is 2.35. The minimum Gasteiger partial charge on any atom is -0.495 e. The quantitative estimate of drug-likeness (QED) is 0.261. The predicted molar refractivity (Wildman–Crippen MR) is 163 cm³/mol. The number of rotatable bonds is 12. The summed E-state index contributed by atoms with van der Waals surface area (Å²) in [6.45, 7) is 5.16. The molecule has 0 spiro atoms. The second-order valence-corrected chi connectivity index (χ2v) is 12.9. The number of benzene rings is 3. The van der Waals surface area contributed by atoms with Crippen molar-refractivity contribution in [3.05, 3.63) is 87.4 Å². The van der Waals surface area contributed by atoms with E-state index in [1.807, 2.05) is 13.8 Å². The summed E-state index contributed by atoms with van der Waals surface area (Å²) >= 11 is 18.7. The Morgan fingerprint density at radius 1 is 0.927 bits per heavy atom. The zero-order valence-electron chi connectivity index (χ0n) is 23.1. The fourth-order valence-corrected chi connectivity index (χ4v) is 6.03. The summed E-state index contributed by atoms with van der Waals surface area (Å²) in [7, 11) is -2.90. The van der Waals surface area contributed by atoms with Crippen molar-refractivity contribution in [3.63, 3.8) is 0 Å². The van der Waals surface area contributed by atoms with E-state index in [2.05, 4.69) is 5.32 Å². The average molecular weight is 641 g/mol. The van der Waals surface area contributed by atoms with E-state index in [1.54, 1.807) is 43.3 Å². The van der Waals surface area contributed by atoms with Crippen LogP contribution in [0.2, 0.25) is 15.1 Å². The van der Waals surface area contributed by atoms with E-state index in [9.17, 15) is 18.0 Å². The van der Waals surface area contributed by atoms with Crippen LogP contribution in [0.25, 0.3) is 0 Å². The molecule has 0 aromatic heterocycles. The molecule has 0 unspecified atom stereocenters. The van der Waals surface area contributed by atoms with Gasteiger partial charge in [-0.15, -0.1) is 0 Å². The third-order valence-corrected chi connectivity index (χ3v) is 8.82. The van der Waals surface area contributed by atoms with E-state index in [0.29, 0.717) is 22.2 Å². The molecule has 0 aliphatic rings. The first-order chi connectivity index (χ1) is 19.3. The van der Waals surface area contributed by atoms with Crippen LogP contribution in [0, 0.1) is 5.92 Å². The summed E-state index contributed by atoms with van der Waals surface area (Å²) in [5.41, 5.74) is 0.601. The van der Waals surface area contributed by atoms with Crippen LogP contribution in [0.3, 0.4) is 0 Å². The molecule has 1 N–H and O–H groups in total. The lowest BCUT2D eigenvalue weighted by atomic mass is 10.1. The lowest BCUT2D eigenvalue weighted by Gasteiger charge is -2.32. The molecule has 0 aliphatic carbocycles. The van der Waals surface area contributed by atoms with E-state index in [0.717, 1.165) is 4.31 Å². The van der Waals surface area contributed by atoms with Gasteiger partial charge in [-0.3, -0.25) is 13.9 Å². The Hall–Kier alpha value is -2.98. The number of nitrogens with zero attached hydrogens (tertiary/aromatic N) is 2. The van der Waals surface area contributed by atoms with Crippen LogP contribution in [0.15, 0.2) is 71.6 Å². The molecule has 12 heteroatoms. The van der Waals surface area contributed by atoms with E-state index in [1.165, 1.54) is 42.3 Å². The molecular formula is C29H32Cl3N3O5S. The highest BCUT2D eigenvalue weighted by Gasteiger charge is 2.34. The minimum absolute atomic E-state index is 0.0372.